The Balaban J connectivity index is 1.34. The molecule has 1 saturated carbocycles. The first-order valence-corrected chi connectivity index (χ1v) is 9.23. The molecule has 2 aromatic rings. The van der Waals surface area contributed by atoms with E-state index in [0.717, 1.165) is 43.8 Å². The molecule has 0 bridgehead atoms. The predicted octanol–water partition coefficient (Wildman–Crippen LogP) is 3.35. The standard InChI is InChI=1S/C21H24N2O3/c24-20(25)21-10-3-4-17(21)13-23(15-21)12-16-6-8-19(9-7-16)26-14-18-5-1-2-11-22-18/h1-2,5-9,11,17H,3-4,10,12-15H2,(H,24,25)/t17-,21+/m0/s1. The van der Waals surface area contributed by atoms with Crippen molar-refractivity contribution in [2.75, 3.05) is 13.1 Å². The lowest BCUT2D eigenvalue weighted by Crippen LogP contribution is -2.35. The summed E-state index contributed by atoms with van der Waals surface area (Å²) in [5, 5.41) is 9.70. The number of pyridine rings is 1. The molecule has 0 spiro atoms. The number of carboxylic acid groups (broad SMARTS) is 1. The summed E-state index contributed by atoms with van der Waals surface area (Å²) in [6.07, 6.45) is 4.68. The number of hydrogen-bond acceptors (Lipinski definition) is 4. The molecule has 5 nitrogen and oxygen atoms in total. The Hall–Kier alpha value is -2.40. The third kappa shape index (κ3) is 3.31. The minimum absolute atomic E-state index is 0.306. The zero-order chi connectivity index (χ0) is 18.0. The molecule has 1 aliphatic carbocycles. The molecule has 5 heteroatoms. The monoisotopic (exact) mass is 352 g/mol. The molecule has 2 atom stereocenters. The van der Waals surface area contributed by atoms with Crippen LogP contribution in [0.3, 0.4) is 0 Å². The highest BCUT2D eigenvalue weighted by Gasteiger charge is 2.54. The number of nitrogens with zero attached hydrogens (tertiary/aromatic N) is 2. The van der Waals surface area contributed by atoms with E-state index in [4.69, 9.17) is 4.74 Å². The number of benzene rings is 1. The summed E-state index contributed by atoms with van der Waals surface area (Å²) in [7, 11) is 0. The van der Waals surface area contributed by atoms with Crippen LogP contribution in [0.1, 0.15) is 30.5 Å². The molecular weight excluding hydrogens is 328 g/mol. The van der Waals surface area contributed by atoms with Gasteiger partial charge in [0.25, 0.3) is 0 Å². The number of ether oxygens (including phenoxy) is 1. The van der Waals surface area contributed by atoms with Crippen LogP contribution in [0, 0.1) is 11.3 Å². The van der Waals surface area contributed by atoms with E-state index in [-0.39, 0.29) is 0 Å². The molecule has 1 aromatic carbocycles. The van der Waals surface area contributed by atoms with Gasteiger partial charge in [-0.2, -0.15) is 0 Å². The van der Waals surface area contributed by atoms with Gasteiger partial charge in [-0.05, 0) is 48.6 Å². The summed E-state index contributed by atoms with van der Waals surface area (Å²) >= 11 is 0. The Bertz CT molecular complexity index is 763. The zero-order valence-corrected chi connectivity index (χ0v) is 14.8. The molecule has 136 valence electrons. The summed E-state index contributed by atoms with van der Waals surface area (Å²) in [6.45, 7) is 2.82. The highest BCUT2D eigenvalue weighted by molar-refractivity contribution is 5.76. The van der Waals surface area contributed by atoms with Crippen molar-refractivity contribution < 1.29 is 14.6 Å². The number of fused-ring (bicyclic) bond motifs is 1. The number of aliphatic carboxylic acids is 1. The van der Waals surface area contributed by atoms with E-state index in [0.29, 0.717) is 19.1 Å². The first kappa shape index (κ1) is 17.0. The second-order valence-corrected chi connectivity index (χ2v) is 7.47. The summed E-state index contributed by atoms with van der Waals surface area (Å²) in [6, 6.07) is 13.9. The molecule has 0 amide bonds. The molecule has 2 fully saturated rings. The van der Waals surface area contributed by atoms with Gasteiger partial charge in [0.1, 0.15) is 12.4 Å². The number of likely N-dealkylation sites (tertiary alicyclic amines) is 1. The van der Waals surface area contributed by atoms with Crippen LogP contribution in [0.4, 0.5) is 0 Å². The van der Waals surface area contributed by atoms with E-state index in [1.54, 1.807) is 6.20 Å². The topological polar surface area (TPSA) is 62.7 Å². The van der Waals surface area contributed by atoms with Crippen LogP contribution in [-0.2, 0) is 17.9 Å². The Morgan fingerprint density at radius 1 is 1.27 bits per heavy atom. The smallest absolute Gasteiger partial charge is 0.311 e. The maximum Gasteiger partial charge on any atom is 0.311 e. The molecule has 1 saturated heterocycles. The largest absolute Gasteiger partial charge is 0.487 e. The second kappa shape index (κ2) is 7.08. The first-order chi connectivity index (χ1) is 12.7. The van der Waals surface area contributed by atoms with E-state index >= 15 is 0 Å². The minimum Gasteiger partial charge on any atom is -0.487 e. The maximum absolute atomic E-state index is 11.8. The molecule has 2 aliphatic rings. The fraction of sp³-hybridized carbons (Fsp3) is 0.429. The maximum atomic E-state index is 11.8. The summed E-state index contributed by atoms with van der Waals surface area (Å²) in [5.41, 5.74) is 1.58. The number of hydrogen-bond donors (Lipinski definition) is 1. The van der Waals surface area contributed by atoms with Crippen molar-refractivity contribution in [3.8, 4) is 5.75 Å². The zero-order valence-electron chi connectivity index (χ0n) is 14.8. The van der Waals surface area contributed by atoms with Crippen molar-refractivity contribution in [1.29, 1.82) is 0 Å². The van der Waals surface area contributed by atoms with Gasteiger partial charge >= 0.3 is 5.97 Å². The molecule has 1 N–H and O–H groups in total. The lowest BCUT2D eigenvalue weighted by molar-refractivity contribution is -0.149. The van der Waals surface area contributed by atoms with E-state index in [1.807, 2.05) is 30.3 Å². The predicted molar refractivity (Wildman–Crippen MR) is 97.7 cm³/mol. The molecule has 1 aliphatic heterocycles. The lowest BCUT2D eigenvalue weighted by atomic mass is 9.81. The average Bonchev–Trinajstić information content (AvgIpc) is 3.20. The van der Waals surface area contributed by atoms with Crippen LogP contribution in [0.15, 0.2) is 48.7 Å². The van der Waals surface area contributed by atoms with E-state index in [2.05, 4.69) is 22.0 Å². The first-order valence-electron chi connectivity index (χ1n) is 9.23. The van der Waals surface area contributed by atoms with E-state index in [9.17, 15) is 9.90 Å². The second-order valence-electron chi connectivity index (χ2n) is 7.47. The molecular formula is C21H24N2O3. The van der Waals surface area contributed by atoms with Gasteiger partial charge in [-0.3, -0.25) is 14.7 Å². The molecule has 26 heavy (non-hydrogen) atoms. The molecule has 4 rings (SSSR count). The Morgan fingerprint density at radius 3 is 2.81 bits per heavy atom. The SMILES string of the molecule is O=C(O)[C@@]12CCC[C@H]1CN(Cc1ccc(OCc3ccccn3)cc1)C2. The minimum atomic E-state index is -0.610. The fourth-order valence-corrected chi connectivity index (χ4v) is 4.45. The Morgan fingerprint density at radius 2 is 2.12 bits per heavy atom. The average molecular weight is 352 g/mol. The van der Waals surface area contributed by atoms with Gasteiger partial charge in [0.05, 0.1) is 11.1 Å². The van der Waals surface area contributed by atoms with Crippen molar-refractivity contribution in [3.63, 3.8) is 0 Å². The van der Waals surface area contributed by atoms with Gasteiger partial charge in [0.2, 0.25) is 0 Å². The Kier molecular flexibility index (Phi) is 4.64. The highest BCUT2D eigenvalue weighted by atomic mass is 16.5. The van der Waals surface area contributed by atoms with Crippen LogP contribution in [0.5, 0.6) is 5.75 Å². The van der Waals surface area contributed by atoms with Crippen molar-refractivity contribution >= 4 is 5.97 Å². The number of aromatic nitrogens is 1. The van der Waals surface area contributed by atoms with Gasteiger partial charge in [-0.1, -0.05) is 24.6 Å². The van der Waals surface area contributed by atoms with Gasteiger partial charge in [-0.15, -0.1) is 0 Å². The van der Waals surface area contributed by atoms with Crippen molar-refractivity contribution in [2.24, 2.45) is 11.3 Å². The number of carbonyl (C=O) groups is 1. The fourth-order valence-electron chi connectivity index (χ4n) is 4.45. The molecule has 1 aromatic heterocycles. The number of carboxylic acids is 1. The Labute approximate surface area is 153 Å². The van der Waals surface area contributed by atoms with Crippen LogP contribution < -0.4 is 4.74 Å². The van der Waals surface area contributed by atoms with Gasteiger partial charge in [0.15, 0.2) is 0 Å². The summed E-state index contributed by atoms with van der Waals surface area (Å²) < 4.78 is 5.77. The van der Waals surface area contributed by atoms with Crippen LogP contribution in [-0.4, -0.2) is 34.0 Å². The van der Waals surface area contributed by atoms with Gasteiger partial charge in [-0.25, -0.2) is 0 Å². The van der Waals surface area contributed by atoms with Crippen molar-refractivity contribution in [1.82, 2.24) is 9.88 Å². The van der Waals surface area contributed by atoms with Gasteiger partial charge in [0, 0.05) is 25.8 Å². The van der Waals surface area contributed by atoms with Crippen molar-refractivity contribution in [2.45, 2.75) is 32.4 Å². The normalized spacial score (nSPS) is 25.2. The quantitative estimate of drug-likeness (QED) is 0.864. The van der Waals surface area contributed by atoms with Crippen LogP contribution in [0.25, 0.3) is 0 Å². The lowest BCUT2D eigenvalue weighted by Gasteiger charge is -2.23. The number of rotatable bonds is 6. The van der Waals surface area contributed by atoms with Crippen LogP contribution >= 0.6 is 0 Å². The molecule has 2 heterocycles. The highest BCUT2D eigenvalue weighted by Crippen LogP contribution is 2.49. The third-order valence-corrected chi connectivity index (χ3v) is 5.81. The van der Waals surface area contributed by atoms with E-state index < -0.39 is 11.4 Å². The van der Waals surface area contributed by atoms with Gasteiger partial charge < -0.3 is 9.84 Å². The molecule has 0 radical (unpaired) electrons. The summed E-state index contributed by atoms with van der Waals surface area (Å²) in [5.74, 6) is 0.515. The molecule has 0 unspecified atom stereocenters. The van der Waals surface area contributed by atoms with E-state index in [1.165, 1.54) is 5.56 Å². The third-order valence-electron chi connectivity index (χ3n) is 5.81. The summed E-state index contributed by atoms with van der Waals surface area (Å²) in [4.78, 5) is 18.3. The van der Waals surface area contributed by atoms with Crippen molar-refractivity contribution in [3.05, 3.63) is 59.9 Å². The van der Waals surface area contributed by atoms with Crippen LogP contribution in [0.2, 0.25) is 0 Å².